The maximum absolute atomic E-state index is 12.4. The van der Waals surface area contributed by atoms with Gasteiger partial charge in [-0.1, -0.05) is 30.3 Å². The van der Waals surface area contributed by atoms with Gasteiger partial charge >= 0.3 is 0 Å². The molecule has 0 spiro atoms. The second kappa shape index (κ2) is 7.10. The maximum Gasteiger partial charge on any atom is 0.227 e. The standard InChI is InChI=1S/C21H16N3OS.ClH/c25-19(14-5-2-1-3-6-14)13-24-9-4-7-15(12-24)17-11-18(23-22-17)20-16-8-10-26-21(16)20;/h1-12,20H,13H2,(H,22,23);1H/q+1;/p-1. The molecule has 27 heavy (non-hydrogen) atoms. The molecule has 1 aliphatic carbocycles. The highest BCUT2D eigenvalue weighted by molar-refractivity contribution is 7.11. The van der Waals surface area contributed by atoms with Crippen LogP contribution in [0.2, 0.25) is 0 Å². The number of H-pyrrole nitrogens is 1. The molecule has 3 heterocycles. The van der Waals surface area contributed by atoms with E-state index in [-0.39, 0.29) is 18.2 Å². The van der Waals surface area contributed by atoms with Crippen LogP contribution in [0.1, 0.15) is 32.4 Å². The minimum atomic E-state index is 0. The van der Waals surface area contributed by atoms with E-state index in [1.54, 1.807) is 11.3 Å². The number of Topliss-reactive ketones (excluding diaryl/α,β-unsaturated/α-hetero) is 1. The summed E-state index contributed by atoms with van der Waals surface area (Å²) in [4.78, 5) is 13.8. The lowest BCUT2D eigenvalue weighted by atomic mass is 10.1. The van der Waals surface area contributed by atoms with E-state index >= 15 is 0 Å². The van der Waals surface area contributed by atoms with Gasteiger partial charge in [-0.3, -0.25) is 9.89 Å². The summed E-state index contributed by atoms with van der Waals surface area (Å²) in [5.74, 6) is 0.500. The number of hydrogen-bond donors (Lipinski definition) is 1. The van der Waals surface area contributed by atoms with Gasteiger partial charge in [0.15, 0.2) is 12.4 Å². The van der Waals surface area contributed by atoms with Crippen molar-refractivity contribution in [2.24, 2.45) is 0 Å². The highest BCUT2D eigenvalue weighted by Crippen LogP contribution is 2.51. The van der Waals surface area contributed by atoms with E-state index in [1.165, 1.54) is 10.4 Å². The minimum Gasteiger partial charge on any atom is -1.00 e. The maximum atomic E-state index is 12.4. The van der Waals surface area contributed by atoms with Crippen LogP contribution in [-0.4, -0.2) is 16.0 Å². The first-order valence-electron chi connectivity index (χ1n) is 8.50. The number of benzene rings is 1. The molecule has 0 fully saturated rings. The van der Waals surface area contributed by atoms with Crippen LogP contribution in [0.15, 0.2) is 72.4 Å². The van der Waals surface area contributed by atoms with Crippen molar-refractivity contribution in [3.63, 3.8) is 0 Å². The first-order valence-corrected chi connectivity index (χ1v) is 9.38. The number of thiophene rings is 1. The molecule has 0 bridgehead atoms. The normalized spacial score (nSPS) is 14.3. The fourth-order valence-electron chi connectivity index (χ4n) is 3.31. The first kappa shape index (κ1) is 17.6. The number of aromatic amines is 1. The Morgan fingerprint density at radius 3 is 2.78 bits per heavy atom. The lowest BCUT2D eigenvalue weighted by Gasteiger charge is -1.99. The monoisotopic (exact) mass is 393 g/mol. The second-order valence-corrected chi connectivity index (χ2v) is 7.38. The molecule has 6 heteroatoms. The number of carbonyl (C=O) groups is 1. The van der Waals surface area contributed by atoms with Crippen LogP contribution >= 0.6 is 11.3 Å². The molecule has 0 aliphatic heterocycles. The quantitative estimate of drug-likeness (QED) is 0.355. The van der Waals surface area contributed by atoms with E-state index in [9.17, 15) is 4.79 Å². The molecule has 1 unspecified atom stereocenters. The van der Waals surface area contributed by atoms with Gasteiger partial charge in [-0.15, -0.1) is 11.3 Å². The van der Waals surface area contributed by atoms with Crippen molar-refractivity contribution >= 4 is 17.1 Å². The molecular weight excluding hydrogens is 378 g/mol. The summed E-state index contributed by atoms with van der Waals surface area (Å²) in [6, 6.07) is 17.6. The predicted molar refractivity (Wildman–Crippen MR) is 100 cm³/mol. The second-order valence-electron chi connectivity index (χ2n) is 6.44. The van der Waals surface area contributed by atoms with Crippen LogP contribution in [0, 0.1) is 0 Å². The van der Waals surface area contributed by atoms with Crippen molar-refractivity contribution < 1.29 is 21.8 Å². The molecule has 1 atom stereocenters. The van der Waals surface area contributed by atoms with Crippen molar-refractivity contribution in [2.75, 3.05) is 0 Å². The van der Waals surface area contributed by atoms with E-state index in [2.05, 4.69) is 27.7 Å². The summed E-state index contributed by atoms with van der Waals surface area (Å²) >= 11 is 1.80. The Hall–Kier alpha value is -2.76. The van der Waals surface area contributed by atoms with Crippen LogP contribution < -0.4 is 17.0 Å². The third-order valence-electron chi connectivity index (χ3n) is 4.70. The zero-order valence-electron chi connectivity index (χ0n) is 14.3. The van der Waals surface area contributed by atoms with Gasteiger partial charge in [-0.05, 0) is 29.1 Å². The van der Waals surface area contributed by atoms with Crippen molar-refractivity contribution in [3.8, 4) is 11.3 Å². The fraction of sp³-hybridized carbons (Fsp3) is 0.0952. The van der Waals surface area contributed by atoms with Crippen molar-refractivity contribution in [1.29, 1.82) is 0 Å². The fourth-order valence-corrected chi connectivity index (χ4v) is 4.32. The van der Waals surface area contributed by atoms with Gasteiger partial charge in [0.2, 0.25) is 12.3 Å². The summed E-state index contributed by atoms with van der Waals surface area (Å²) in [5.41, 5.74) is 5.17. The van der Waals surface area contributed by atoms with Gasteiger partial charge in [-0.25, -0.2) is 0 Å². The average Bonchev–Trinajstić information content (AvgIpc) is 3.08. The molecule has 1 aromatic carbocycles. The smallest absolute Gasteiger partial charge is 0.227 e. The first-order chi connectivity index (χ1) is 12.8. The lowest BCUT2D eigenvalue weighted by molar-refractivity contribution is -0.682. The van der Waals surface area contributed by atoms with Crippen molar-refractivity contribution in [2.45, 2.75) is 12.5 Å². The third kappa shape index (κ3) is 3.31. The minimum absolute atomic E-state index is 0. The highest BCUT2D eigenvalue weighted by atomic mass is 35.5. The summed E-state index contributed by atoms with van der Waals surface area (Å²) in [7, 11) is 0. The Labute approximate surface area is 166 Å². The number of aromatic nitrogens is 3. The van der Waals surface area contributed by atoms with Crippen LogP contribution in [0.5, 0.6) is 0 Å². The highest BCUT2D eigenvalue weighted by Gasteiger charge is 2.37. The molecule has 1 N–H and O–H groups in total. The van der Waals surface area contributed by atoms with Gasteiger partial charge in [0.05, 0.1) is 17.2 Å². The molecule has 0 saturated carbocycles. The molecule has 0 radical (unpaired) electrons. The van der Waals surface area contributed by atoms with E-state index < -0.39 is 0 Å². The summed E-state index contributed by atoms with van der Waals surface area (Å²) < 4.78 is 1.91. The van der Waals surface area contributed by atoms with Crippen molar-refractivity contribution in [3.05, 3.63) is 94.1 Å². The van der Waals surface area contributed by atoms with E-state index in [0.29, 0.717) is 12.5 Å². The number of rotatable bonds is 5. The van der Waals surface area contributed by atoms with Gasteiger partial charge < -0.3 is 12.4 Å². The Kier molecular flexibility index (Phi) is 4.64. The largest absolute Gasteiger partial charge is 1.00 e. The van der Waals surface area contributed by atoms with Crippen LogP contribution in [0.25, 0.3) is 11.3 Å². The summed E-state index contributed by atoms with van der Waals surface area (Å²) in [5, 5.41) is 9.76. The number of carbonyl (C=O) groups excluding carboxylic acids is 1. The van der Waals surface area contributed by atoms with Gasteiger partial charge in [-0.2, -0.15) is 9.67 Å². The Balaban J connectivity index is 0.00000180. The number of fused-ring (bicyclic) bond motifs is 1. The Bertz CT molecular complexity index is 1080. The van der Waals surface area contributed by atoms with Crippen LogP contribution in [-0.2, 0) is 6.54 Å². The molecule has 4 nitrogen and oxygen atoms in total. The van der Waals surface area contributed by atoms with E-state index in [1.807, 2.05) is 59.4 Å². The van der Waals surface area contributed by atoms with Crippen LogP contribution in [0.3, 0.4) is 0 Å². The number of ketones is 1. The molecule has 3 aromatic heterocycles. The zero-order chi connectivity index (χ0) is 17.5. The predicted octanol–water partition coefficient (Wildman–Crippen LogP) is 0.806. The van der Waals surface area contributed by atoms with E-state index in [4.69, 9.17) is 0 Å². The number of pyridine rings is 1. The molecule has 0 amide bonds. The number of halogens is 1. The molecule has 0 saturated heterocycles. The van der Waals surface area contributed by atoms with Crippen LogP contribution in [0.4, 0.5) is 0 Å². The molecular formula is C21H16ClN3OS. The third-order valence-corrected chi connectivity index (χ3v) is 5.70. The molecule has 1 aliphatic rings. The summed E-state index contributed by atoms with van der Waals surface area (Å²) in [6.07, 6.45) is 3.89. The average molecular weight is 394 g/mol. The zero-order valence-corrected chi connectivity index (χ0v) is 15.9. The Morgan fingerprint density at radius 2 is 2.00 bits per heavy atom. The molecule has 134 valence electrons. The summed E-state index contributed by atoms with van der Waals surface area (Å²) in [6.45, 7) is 0.315. The van der Waals surface area contributed by atoms with Gasteiger partial charge in [0, 0.05) is 22.2 Å². The number of hydrogen-bond acceptors (Lipinski definition) is 3. The Morgan fingerprint density at radius 1 is 1.15 bits per heavy atom. The van der Waals surface area contributed by atoms with Gasteiger partial charge in [0.1, 0.15) is 0 Å². The number of nitrogens with one attached hydrogen (secondary N) is 1. The topological polar surface area (TPSA) is 49.6 Å². The lowest BCUT2D eigenvalue weighted by Crippen LogP contribution is -3.00. The molecule has 5 rings (SSSR count). The van der Waals surface area contributed by atoms with E-state index in [0.717, 1.165) is 22.5 Å². The SMILES string of the molecule is O=C(C[n+]1cccc(-c2cc(C3c4ccsc43)[nH]n2)c1)c1ccccc1.[Cl-]. The van der Waals surface area contributed by atoms with Gasteiger partial charge in [0.25, 0.3) is 0 Å². The molecule has 4 aromatic rings. The van der Waals surface area contributed by atoms with Crippen molar-refractivity contribution in [1.82, 2.24) is 10.2 Å². The number of nitrogens with zero attached hydrogens (tertiary/aromatic N) is 2.